The average Bonchev–Trinajstić information content (AvgIpc) is 3.38. The van der Waals surface area contributed by atoms with Crippen LogP contribution in [0.3, 0.4) is 0 Å². The predicted octanol–water partition coefficient (Wildman–Crippen LogP) is 4.82. The molecule has 1 heterocycles. The Morgan fingerprint density at radius 3 is 2.69 bits per heavy atom. The van der Waals surface area contributed by atoms with E-state index in [1.165, 1.54) is 0 Å². The number of esters is 1. The van der Waals surface area contributed by atoms with Crippen LogP contribution in [-0.4, -0.2) is 36.7 Å². The molecule has 0 radical (unpaired) electrons. The van der Waals surface area contributed by atoms with E-state index in [1.807, 2.05) is 48.0 Å². The van der Waals surface area contributed by atoms with Gasteiger partial charge in [0.25, 0.3) is 5.91 Å². The van der Waals surface area contributed by atoms with Crippen molar-refractivity contribution < 1.29 is 28.9 Å². The summed E-state index contributed by atoms with van der Waals surface area (Å²) in [6, 6.07) is 14.8. The summed E-state index contributed by atoms with van der Waals surface area (Å²) in [4.78, 5) is 24.9. The molecule has 0 saturated heterocycles. The van der Waals surface area contributed by atoms with Gasteiger partial charge < -0.3 is 24.6 Å². The lowest BCUT2D eigenvalue weighted by Crippen LogP contribution is -2.27. The summed E-state index contributed by atoms with van der Waals surface area (Å²) in [5.41, 5.74) is 3.30. The van der Waals surface area contributed by atoms with Crippen LogP contribution in [0.2, 0.25) is 0 Å². The standard InChI is InChI=1S/C27H31NO6S/c1-3-32-26(30)11-10-24(22-7-5-4-6-19(22)2)34-25-16-21(33-17-20-12-15-35-18-20)8-9-23(25)27(31)28-13-14-29/h4-9,12,15-16,18,24,29H,3,10-11,13-14,17H2,1-2H3,(H,28,31). The van der Waals surface area contributed by atoms with Crippen molar-refractivity contribution in [2.75, 3.05) is 19.8 Å². The highest BCUT2D eigenvalue weighted by atomic mass is 32.1. The molecule has 1 aromatic heterocycles. The number of nitrogens with one attached hydrogen (secondary N) is 1. The number of ether oxygens (including phenoxy) is 3. The Kier molecular flexibility index (Phi) is 10.1. The molecule has 0 bridgehead atoms. The van der Waals surface area contributed by atoms with Gasteiger partial charge in [0.05, 0.1) is 18.8 Å². The molecule has 1 amide bonds. The second-order valence-corrected chi connectivity index (χ2v) is 8.64. The molecular weight excluding hydrogens is 466 g/mol. The molecule has 1 unspecified atom stereocenters. The number of carbonyl (C=O) groups is 2. The minimum absolute atomic E-state index is 0.124. The lowest BCUT2D eigenvalue weighted by atomic mass is 9.99. The molecule has 7 nitrogen and oxygen atoms in total. The largest absolute Gasteiger partial charge is 0.489 e. The van der Waals surface area contributed by atoms with Gasteiger partial charge in [0, 0.05) is 19.0 Å². The highest BCUT2D eigenvalue weighted by Gasteiger charge is 2.22. The van der Waals surface area contributed by atoms with Crippen molar-refractivity contribution in [2.24, 2.45) is 0 Å². The summed E-state index contributed by atoms with van der Waals surface area (Å²) in [5, 5.41) is 15.8. The molecule has 35 heavy (non-hydrogen) atoms. The fourth-order valence-electron chi connectivity index (χ4n) is 3.54. The Hall–Kier alpha value is -3.36. The second kappa shape index (κ2) is 13.5. The van der Waals surface area contributed by atoms with Gasteiger partial charge in [-0.3, -0.25) is 9.59 Å². The fourth-order valence-corrected chi connectivity index (χ4v) is 4.20. The summed E-state index contributed by atoms with van der Waals surface area (Å²) in [6.45, 7) is 4.40. The molecule has 0 spiro atoms. The highest BCUT2D eigenvalue weighted by molar-refractivity contribution is 7.07. The monoisotopic (exact) mass is 497 g/mol. The van der Waals surface area contributed by atoms with Crippen LogP contribution in [-0.2, 0) is 16.1 Å². The first-order valence-corrected chi connectivity index (χ1v) is 12.5. The first kappa shape index (κ1) is 26.2. The molecule has 0 aliphatic carbocycles. The van der Waals surface area contributed by atoms with Crippen LogP contribution in [0.1, 0.15) is 52.9 Å². The molecule has 0 saturated carbocycles. The van der Waals surface area contributed by atoms with E-state index in [9.17, 15) is 9.59 Å². The van der Waals surface area contributed by atoms with E-state index in [2.05, 4.69) is 5.32 Å². The van der Waals surface area contributed by atoms with Gasteiger partial charge in [-0.2, -0.15) is 11.3 Å². The van der Waals surface area contributed by atoms with Crippen LogP contribution in [0.4, 0.5) is 0 Å². The molecule has 0 aliphatic rings. The number of hydrogen-bond acceptors (Lipinski definition) is 7. The molecule has 8 heteroatoms. The zero-order valence-corrected chi connectivity index (χ0v) is 20.8. The minimum Gasteiger partial charge on any atom is -0.489 e. The molecular formula is C27H31NO6S. The number of benzene rings is 2. The third-order valence-electron chi connectivity index (χ3n) is 5.30. The van der Waals surface area contributed by atoms with Crippen LogP contribution in [0, 0.1) is 6.92 Å². The van der Waals surface area contributed by atoms with Crippen LogP contribution >= 0.6 is 11.3 Å². The second-order valence-electron chi connectivity index (χ2n) is 7.86. The number of rotatable bonds is 13. The molecule has 0 fully saturated rings. The van der Waals surface area contributed by atoms with Gasteiger partial charge in [-0.15, -0.1) is 0 Å². The molecule has 2 aromatic carbocycles. The predicted molar refractivity (Wildman–Crippen MR) is 135 cm³/mol. The van der Waals surface area contributed by atoms with Crippen LogP contribution < -0.4 is 14.8 Å². The summed E-state index contributed by atoms with van der Waals surface area (Å²) in [5.74, 6) is 0.218. The lowest BCUT2D eigenvalue weighted by Gasteiger charge is -2.23. The van der Waals surface area contributed by atoms with E-state index < -0.39 is 6.10 Å². The van der Waals surface area contributed by atoms with Crippen molar-refractivity contribution in [3.05, 3.63) is 81.5 Å². The van der Waals surface area contributed by atoms with Crippen molar-refractivity contribution in [3.63, 3.8) is 0 Å². The van der Waals surface area contributed by atoms with Crippen LogP contribution in [0.15, 0.2) is 59.3 Å². The summed E-state index contributed by atoms with van der Waals surface area (Å²) >= 11 is 1.59. The summed E-state index contributed by atoms with van der Waals surface area (Å²) in [6.07, 6.45) is 0.0614. The van der Waals surface area contributed by atoms with Crippen LogP contribution in [0.25, 0.3) is 0 Å². The fraction of sp³-hybridized carbons (Fsp3) is 0.333. The number of amides is 1. The minimum atomic E-state index is -0.489. The normalized spacial score (nSPS) is 11.5. The third kappa shape index (κ3) is 7.83. The molecule has 3 aromatic rings. The SMILES string of the molecule is CCOC(=O)CCC(Oc1cc(OCc2ccsc2)ccc1C(=O)NCCO)c1ccccc1C. The molecule has 186 valence electrons. The maximum absolute atomic E-state index is 12.8. The molecule has 1 atom stereocenters. The quantitative estimate of drug-likeness (QED) is 0.329. The van der Waals surface area contributed by atoms with Gasteiger partial charge in [0.15, 0.2) is 0 Å². The van der Waals surface area contributed by atoms with E-state index in [-0.39, 0.29) is 31.4 Å². The molecule has 2 N–H and O–H groups in total. The van der Waals surface area contributed by atoms with E-state index in [4.69, 9.17) is 19.3 Å². The van der Waals surface area contributed by atoms with Gasteiger partial charge in [-0.25, -0.2) is 0 Å². The number of carbonyl (C=O) groups excluding carboxylic acids is 2. The van der Waals surface area contributed by atoms with Gasteiger partial charge in [-0.05, 0) is 65.9 Å². The zero-order valence-electron chi connectivity index (χ0n) is 20.0. The number of aliphatic hydroxyl groups excluding tert-OH is 1. The summed E-state index contributed by atoms with van der Waals surface area (Å²) < 4.78 is 17.4. The van der Waals surface area contributed by atoms with E-state index >= 15 is 0 Å². The maximum atomic E-state index is 12.8. The van der Waals surface area contributed by atoms with E-state index in [1.54, 1.807) is 36.5 Å². The van der Waals surface area contributed by atoms with Gasteiger partial charge >= 0.3 is 5.97 Å². The number of thiophene rings is 1. The topological polar surface area (TPSA) is 94.1 Å². The van der Waals surface area contributed by atoms with E-state index in [0.717, 1.165) is 16.7 Å². The van der Waals surface area contributed by atoms with Crippen molar-refractivity contribution in [3.8, 4) is 11.5 Å². The highest BCUT2D eigenvalue weighted by Crippen LogP contribution is 2.33. The van der Waals surface area contributed by atoms with Gasteiger partial charge in [0.2, 0.25) is 0 Å². The Morgan fingerprint density at radius 1 is 1.14 bits per heavy atom. The maximum Gasteiger partial charge on any atom is 0.305 e. The van der Waals surface area contributed by atoms with Gasteiger partial charge in [0.1, 0.15) is 24.2 Å². The van der Waals surface area contributed by atoms with Crippen molar-refractivity contribution >= 4 is 23.2 Å². The Balaban J connectivity index is 1.90. The van der Waals surface area contributed by atoms with Crippen LogP contribution in [0.5, 0.6) is 11.5 Å². The first-order valence-electron chi connectivity index (χ1n) is 11.6. The molecule has 0 aliphatic heterocycles. The van der Waals surface area contributed by atoms with Crippen molar-refractivity contribution in [2.45, 2.75) is 39.4 Å². The van der Waals surface area contributed by atoms with Gasteiger partial charge in [-0.1, -0.05) is 24.3 Å². The average molecular weight is 498 g/mol. The summed E-state index contributed by atoms with van der Waals surface area (Å²) in [7, 11) is 0. The van der Waals surface area contributed by atoms with E-state index in [0.29, 0.717) is 36.7 Å². The number of hydrogen-bond donors (Lipinski definition) is 2. The number of aryl methyl sites for hydroxylation is 1. The number of aliphatic hydroxyl groups is 1. The van der Waals surface area contributed by atoms with Crippen molar-refractivity contribution in [1.82, 2.24) is 5.32 Å². The Labute approximate surface area is 209 Å². The Bertz CT molecular complexity index is 1100. The third-order valence-corrected chi connectivity index (χ3v) is 6.03. The first-order chi connectivity index (χ1) is 17.0. The smallest absolute Gasteiger partial charge is 0.305 e. The Morgan fingerprint density at radius 2 is 1.97 bits per heavy atom. The molecule has 3 rings (SSSR count). The zero-order chi connectivity index (χ0) is 25.0. The lowest BCUT2D eigenvalue weighted by molar-refractivity contribution is -0.143. The van der Waals surface area contributed by atoms with Crippen molar-refractivity contribution in [1.29, 1.82) is 0 Å².